The van der Waals surface area contributed by atoms with Crippen LogP contribution in [-0.4, -0.2) is 51.4 Å². The minimum atomic E-state index is -3.81. The number of sulfonamides is 1. The molecule has 0 bridgehead atoms. The number of halogens is 1. The summed E-state index contributed by atoms with van der Waals surface area (Å²) in [5, 5.41) is 8.62. The second-order valence-electron chi connectivity index (χ2n) is 6.74. The molecule has 1 saturated heterocycles. The minimum Gasteiger partial charge on any atom is -0.369 e. The van der Waals surface area contributed by atoms with Gasteiger partial charge >= 0.3 is 0 Å². The van der Waals surface area contributed by atoms with Gasteiger partial charge in [0.2, 0.25) is 15.9 Å². The van der Waals surface area contributed by atoms with Crippen LogP contribution in [0.15, 0.2) is 53.4 Å². The van der Waals surface area contributed by atoms with Crippen LogP contribution in [0.1, 0.15) is 6.92 Å². The zero-order valence-corrected chi connectivity index (χ0v) is 17.1. The molecule has 0 spiro atoms. The smallest absolute Gasteiger partial charge is 0.241 e. The molecule has 0 radical (unpaired) electrons. The second kappa shape index (κ2) is 8.48. The van der Waals surface area contributed by atoms with Crippen molar-refractivity contribution < 1.29 is 13.2 Å². The van der Waals surface area contributed by atoms with Crippen LogP contribution in [0.2, 0.25) is 5.02 Å². The van der Waals surface area contributed by atoms with Crippen molar-refractivity contribution in [2.24, 2.45) is 5.14 Å². The molecule has 1 fully saturated rings. The van der Waals surface area contributed by atoms with Gasteiger partial charge in [-0.15, -0.1) is 0 Å². The van der Waals surface area contributed by atoms with Gasteiger partial charge in [-0.2, -0.15) is 0 Å². The molecule has 150 valence electrons. The first kappa shape index (κ1) is 20.6. The molecule has 1 amide bonds. The number of hydrogen-bond acceptors (Lipinski definition) is 5. The fraction of sp³-hybridized carbons (Fsp3) is 0.316. The first-order valence-electron chi connectivity index (χ1n) is 8.92. The summed E-state index contributed by atoms with van der Waals surface area (Å²) < 4.78 is 22.9. The van der Waals surface area contributed by atoms with Crippen molar-refractivity contribution >= 4 is 38.9 Å². The van der Waals surface area contributed by atoms with Crippen molar-refractivity contribution in [3.63, 3.8) is 0 Å². The van der Waals surface area contributed by atoms with Gasteiger partial charge in [0.15, 0.2) is 0 Å². The van der Waals surface area contributed by atoms with Crippen molar-refractivity contribution in [1.29, 1.82) is 0 Å². The number of primary sulfonamides is 1. The van der Waals surface area contributed by atoms with Crippen LogP contribution in [0.5, 0.6) is 0 Å². The Bertz CT molecular complexity index is 959. The Balaban J connectivity index is 1.59. The minimum absolute atomic E-state index is 0.0342. The van der Waals surface area contributed by atoms with Crippen molar-refractivity contribution in [2.75, 3.05) is 36.4 Å². The Morgan fingerprint density at radius 1 is 1.11 bits per heavy atom. The van der Waals surface area contributed by atoms with Gasteiger partial charge in [-0.3, -0.25) is 9.69 Å². The maximum absolute atomic E-state index is 12.6. The summed E-state index contributed by atoms with van der Waals surface area (Å²) in [6.45, 7) is 4.89. The summed E-state index contributed by atoms with van der Waals surface area (Å²) >= 11 is 6.07. The van der Waals surface area contributed by atoms with E-state index in [4.69, 9.17) is 16.7 Å². The number of piperazine rings is 1. The predicted molar refractivity (Wildman–Crippen MR) is 111 cm³/mol. The van der Waals surface area contributed by atoms with E-state index in [2.05, 4.69) is 15.1 Å². The van der Waals surface area contributed by atoms with Gasteiger partial charge in [0.1, 0.15) is 0 Å². The number of carbonyl (C=O) groups excluding carboxylic acids is 1. The molecule has 0 aromatic heterocycles. The SMILES string of the molecule is CC(C(=O)Nc1cccc(S(N)(=O)=O)c1)N1CCN(c2cccc(Cl)c2)CC1. The number of hydrogen-bond donors (Lipinski definition) is 2. The standard InChI is InChI=1S/C19H23ClN4O3S/c1-14(19(25)22-16-5-3-7-18(13-16)28(21,26)27)23-8-10-24(11-9-23)17-6-2-4-15(20)12-17/h2-7,12-14H,8-11H2,1H3,(H,22,25)(H2,21,26,27). The maximum atomic E-state index is 12.6. The lowest BCUT2D eigenvalue weighted by atomic mass is 10.2. The topological polar surface area (TPSA) is 95.7 Å². The van der Waals surface area contributed by atoms with E-state index in [1.807, 2.05) is 31.2 Å². The summed E-state index contributed by atoms with van der Waals surface area (Å²) in [5.41, 5.74) is 1.48. The molecule has 0 aliphatic carbocycles. The zero-order valence-electron chi connectivity index (χ0n) is 15.5. The number of carbonyl (C=O) groups is 1. The molecule has 3 N–H and O–H groups in total. The highest BCUT2D eigenvalue weighted by Gasteiger charge is 2.26. The number of benzene rings is 2. The van der Waals surface area contributed by atoms with Crippen LogP contribution in [0, 0.1) is 0 Å². The van der Waals surface area contributed by atoms with E-state index in [1.165, 1.54) is 12.1 Å². The third-order valence-electron chi connectivity index (χ3n) is 4.84. The first-order valence-corrected chi connectivity index (χ1v) is 10.8. The lowest BCUT2D eigenvalue weighted by Gasteiger charge is -2.38. The van der Waals surface area contributed by atoms with Crippen molar-refractivity contribution in [3.05, 3.63) is 53.6 Å². The Kier molecular flexibility index (Phi) is 6.24. The molecule has 1 heterocycles. The Labute approximate surface area is 170 Å². The van der Waals surface area contributed by atoms with E-state index in [0.29, 0.717) is 10.7 Å². The van der Waals surface area contributed by atoms with Crippen molar-refractivity contribution in [3.8, 4) is 0 Å². The summed E-state index contributed by atoms with van der Waals surface area (Å²) in [5.74, 6) is -0.192. The van der Waals surface area contributed by atoms with Crippen molar-refractivity contribution in [2.45, 2.75) is 17.9 Å². The van der Waals surface area contributed by atoms with E-state index in [0.717, 1.165) is 31.9 Å². The fourth-order valence-corrected chi connectivity index (χ4v) is 3.95. The normalized spacial score (nSPS) is 16.6. The third kappa shape index (κ3) is 5.02. The molecule has 1 unspecified atom stereocenters. The zero-order chi connectivity index (χ0) is 20.3. The molecule has 1 aliphatic heterocycles. The third-order valence-corrected chi connectivity index (χ3v) is 5.99. The Morgan fingerprint density at radius 3 is 2.43 bits per heavy atom. The largest absolute Gasteiger partial charge is 0.369 e. The molecule has 2 aromatic carbocycles. The maximum Gasteiger partial charge on any atom is 0.241 e. The highest BCUT2D eigenvalue weighted by Crippen LogP contribution is 2.21. The summed E-state index contributed by atoms with van der Waals surface area (Å²) in [4.78, 5) is 16.9. The average molecular weight is 423 g/mol. The van der Waals surface area contributed by atoms with Crippen LogP contribution in [0.4, 0.5) is 11.4 Å². The molecular formula is C19H23ClN4O3S. The van der Waals surface area contributed by atoms with Gasteiger partial charge in [-0.25, -0.2) is 13.6 Å². The number of nitrogens with zero attached hydrogens (tertiary/aromatic N) is 2. The van der Waals surface area contributed by atoms with Gasteiger partial charge in [0.25, 0.3) is 0 Å². The van der Waals surface area contributed by atoms with Gasteiger partial charge in [-0.1, -0.05) is 23.7 Å². The van der Waals surface area contributed by atoms with Gasteiger partial charge in [0, 0.05) is 42.6 Å². The molecule has 3 rings (SSSR count). The van der Waals surface area contributed by atoms with Gasteiger partial charge in [0.05, 0.1) is 10.9 Å². The van der Waals surface area contributed by atoms with Crippen LogP contribution < -0.4 is 15.4 Å². The fourth-order valence-electron chi connectivity index (χ4n) is 3.20. The quantitative estimate of drug-likeness (QED) is 0.769. The molecule has 9 heteroatoms. The van der Waals surface area contributed by atoms with Gasteiger partial charge < -0.3 is 10.2 Å². The second-order valence-corrected chi connectivity index (χ2v) is 8.74. The first-order chi connectivity index (χ1) is 13.2. The molecule has 7 nitrogen and oxygen atoms in total. The van der Waals surface area contributed by atoms with Crippen LogP contribution in [0.25, 0.3) is 0 Å². The highest BCUT2D eigenvalue weighted by atomic mass is 35.5. The number of nitrogens with two attached hydrogens (primary N) is 1. The summed E-state index contributed by atoms with van der Waals surface area (Å²) in [6.07, 6.45) is 0. The number of rotatable bonds is 5. The number of nitrogens with one attached hydrogen (secondary N) is 1. The van der Waals surface area contributed by atoms with Crippen LogP contribution in [0.3, 0.4) is 0 Å². The summed E-state index contributed by atoms with van der Waals surface area (Å²) in [7, 11) is -3.81. The van der Waals surface area contributed by atoms with E-state index in [1.54, 1.807) is 12.1 Å². The lowest BCUT2D eigenvalue weighted by Crippen LogP contribution is -2.52. The summed E-state index contributed by atoms with van der Waals surface area (Å²) in [6, 6.07) is 13.3. The molecule has 2 aromatic rings. The number of anilines is 2. The van der Waals surface area contributed by atoms with E-state index in [9.17, 15) is 13.2 Å². The Morgan fingerprint density at radius 2 is 1.79 bits per heavy atom. The monoisotopic (exact) mass is 422 g/mol. The molecule has 1 atom stereocenters. The molecule has 0 saturated carbocycles. The Hall–Kier alpha value is -2.13. The average Bonchev–Trinajstić information content (AvgIpc) is 2.67. The predicted octanol–water partition coefficient (Wildman–Crippen LogP) is 2.14. The van der Waals surface area contributed by atoms with Gasteiger partial charge in [-0.05, 0) is 43.3 Å². The van der Waals surface area contributed by atoms with Crippen LogP contribution >= 0.6 is 11.6 Å². The molecular weight excluding hydrogens is 400 g/mol. The van der Waals surface area contributed by atoms with E-state index >= 15 is 0 Å². The molecule has 28 heavy (non-hydrogen) atoms. The van der Waals surface area contributed by atoms with E-state index < -0.39 is 10.0 Å². The number of amides is 1. The van der Waals surface area contributed by atoms with Crippen molar-refractivity contribution in [1.82, 2.24) is 4.90 Å². The lowest BCUT2D eigenvalue weighted by molar-refractivity contribution is -0.120. The van der Waals surface area contributed by atoms with Crippen LogP contribution in [-0.2, 0) is 14.8 Å². The van der Waals surface area contributed by atoms with E-state index in [-0.39, 0.29) is 16.8 Å². The molecule has 1 aliphatic rings. The highest BCUT2D eigenvalue weighted by molar-refractivity contribution is 7.89.